The highest BCUT2D eigenvalue weighted by Gasteiger charge is 2.09. The molecule has 0 aliphatic rings. The summed E-state index contributed by atoms with van der Waals surface area (Å²) in [5.41, 5.74) is 3.57. The number of aryl methyl sites for hydroxylation is 2. The molecule has 1 aromatic carbocycles. The molecule has 1 N–H and O–H groups in total. The Morgan fingerprint density at radius 3 is 2.65 bits per heavy atom. The average Bonchev–Trinajstić information content (AvgIpc) is 2.23. The standard InChI is InChI=1S/C14H21NO2/c1-5-17-14(16)9-12(4)15-13-7-6-10(2)11(3)8-13/h6-8,12,15H,5,9H2,1-4H3. The van der Waals surface area contributed by atoms with Crippen molar-refractivity contribution in [2.24, 2.45) is 0 Å². The van der Waals surface area contributed by atoms with Crippen molar-refractivity contribution in [3.63, 3.8) is 0 Å². The molecule has 0 saturated carbocycles. The topological polar surface area (TPSA) is 38.3 Å². The van der Waals surface area contributed by atoms with Gasteiger partial charge in [-0.15, -0.1) is 0 Å². The van der Waals surface area contributed by atoms with Crippen LogP contribution in [0.3, 0.4) is 0 Å². The van der Waals surface area contributed by atoms with Crippen LogP contribution in [0.2, 0.25) is 0 Å². The quantitative estimate of drug-likeness (QED) is 0.797. The van der Waals surface area contributed by atoms with Crippen molar-refractivity contribution in [3.8, 4) is 0 Å². The van der Waals surface area contributed by atoms with Gasteiger partial charge in [-0.25, -0.2) is 0 Å². The van der Waals surface area contributed by atoms with Crippen LogP contribution in [-0.4, -0.2) is 18.6 Å². The lowest BCUT2D eigenvalue weighted by atomic mass is 10.1. The van der Waals surface area contributed by atoms with Gasteiger partial charge in [-0.1, -0.05) is 6.07 Å². The molecule has 0 fully saturated rings. The molecule has 0 amide bonds. The average molecular weight is 235 g/mol. The van der Waals surface area contributed by atoms with Crippen LogP contribution in [0.15, 0.2) is 18.2 Å². The molecule has 0 radical (unpaired) electrons. The van der Waals surface area contributed by atoms with E-state index in [0.29, 0.717) is 13.0 Å². The lowest BCUT2D eigenvalue weighted by Crippen LogP contribution is -2.21. The fourth-order valence-corrected chi connectivity index (χ4v) is 1.64. The molecule has 94 valence electrons. The zero-order valence-electron chi connectivity index (χ0n) is 11.0. The largest absolute Gasteiger partial charge is 0.466 e. The summed E-state index contributed by atoms with van der Waals surface area (Å²) in [4.78, 5) is 11.3. The molecule has 17 heavy (non-hydrogen) atoms. The molecule has 0 spiro atoms. The number of ether oxygens (including phenoxy) is 1. The van der Waals surface area contributed by atoms with E-state index in [1.807, 2.05) is 19.9 Å². The summed E-state index contributed by atoms with van der Waals surface area (Å²) in [7, 11) is 0. The van der Waals surface area contributed by atoms with Gasteiger partial charge in [0.05, 0.1) is 13.0 Å². The minimum Gasteiger partial charge on any atom is -0.466 e. The molecule has 1 unspecified atom stereocenters. The molecule has 1 aromatic rings. The molecule has 1 atom stereocenters. The van der Waals surface area contributed by atoms with E-state index in [0.717, 1.165) is 5.69 Å². The number of carbonyl (C=O) groups excluding carboxylic acids is 1. The zero-order chi connectivity index (χ0) is 12.8. The Labute approximate surface area is 103 Å². The van der Waals surface area contributed by atoms with Crippen LogP contribution in [0.4, 0.5) is 5.69 Å². The molecule has 0 saturated heterocycles. The van der Waals surface area contributed by atoms with E-state index in [9.17, 15) is 4.79 Å². The summed E-state index contributed by atoms with van der Waals surface area (Å²) < 4.78 is 4.91. The van der Waals surface area contributed by atoms with Gasteiger partial charge < -0.3 is 10.1 Å². The minimum absolute atomic E-state index is 0.0798. The van der Waals surface area contributed by atoms with Crippen molar-refractivity contribution >= 4 is 11.7 Å². The maximum Gasteiger partial charge on any atom is 0.307 e. The number of hydrogen-bond donors (Lipinski definition) is 1. The van der Waals surface area contributed by atoms with Crippen molar-refractivity contribution in [3.05, 3.63) is 29.3 Å². The first-order chi connectivity index (χ1) is 8.02. The van der Waals surface area contributed by atoms with Gasteiger partial charge in [0.25, 0.3) is 0 Å². The first kappa shape index (κ1) is 13.6. The van der Waals surface area contributed by atoms with Crippen LogP contribution >= 0.6 is 0 Å². The van der Waals surface area contributed by atoms with Gasteiger partial charge >= 0.3 is 5.97 Å². The van der Waals surface area contributed by atoms with Gasteiger partial charge in [-0.2, -0.15) is 0 Å². The van der Waals surface area contributed by atoms with Crippen LogP contribution < -0.4 is 5.32 Å². The van der Waals surface area contributed by atoms with E-state index in [4.69, 9.17) is 4.74 Å². The van der Waals surface area contributed by atoms with Gasteiger partial charge in [-0.3, -0.25) is 4.79 Å². The SMILES string of the molecule is CCOC(=O)CC(C)Nc1ccc(C)c(C)c1. The maximum atomic E-state index is 11.3. The molecule has 0 aliphatic heterocycles. The second kappa shape index (κ2) is 6.28. The Kier molecular flexibility index (Phi) is 5.01. The molecule has 3 heteroatoms. The van der Waals surface area contributed by atoms with E-state index in [1.165, 1.54) is 11.1 Å². The predicted molar refractivity (Wildman–Crippen MR) is 70.3 cm³/mol. The fourth-order valence-electron chi connectivity index (χ4n) is 1.64. The molecule has 1 rings (SSSR count). The number of nitrogens with one attached hydrogen (secondary N) is 1. The van der Waals surface area contributed by atoms with E-state index < -0.39 is 0 Å². The van der Waals surface area contributed by atoms with E-state index in [2.05, 4.69) is 31.3 Å². The van der Waals surface area contributed by atoms with E-state index >= 15 is 0 Å². The van der Waals surface area contributed by atoms with Crippen LogP contribution in [0.25, 0.3) is 0 Å². The fraction of sp³-hybridized carbons (Fsp3) is 0.500. The summed E-state index contributed by atoms with van der Waals surface area (Å²) in [5.74, 6) is -0.156. The predicted octanol–water partition coefficient (Wildman–Crippen LogP) is 3.06. The zero-order valence-corrected chi connectivity index (χ0v) is 11.0. The molecule has 3 nitrogen and oxygen atoms in total. The highest BCUT2D eigenvalue weighted by molar-refractivity contribution is 5.70. The summed E-state index contributed by atoms with van der Waals surface area (Å²) >= 11 is 0. The number of esters is 1. The van der Waals surface area contributed by atoms with Crippen LogP contribution in [0, 0.1) is 13.8 Å². The Morgan fingerprint density at radius 2 is 2.06 bits per heavy atom. The van der Waals surface area contributed by atoms with Gasteiger partial charge in [-0.05, 0) is 51.0 Å². The second-order valence-electron chi connectivity index (χ2n) is 4.35. The first-order valence-electron chi connectivity index (χ1n) is 6.02. The highest BCUT2D eigenvalue weighted by atomic mass is 16.5. The number of carbonyl (C=O) groups is 1. The van der Waals surface area contributed by atoms with Gasteiger partial charge in [0.1, 0.15) is 0 Å². The van der Waals surface area contributed by atoms with Crippen molar-refractivity contribution in [1.29, 1.82) is 0 Å². The van der Waals surface area contributed by atoms with Crippen LogP contribution in [-0.2, 0) is 9.53 Å². The summed E-state index contributed by atoms with van der Waals surface area (Å²) in [6.45, 7) is 8.40. The molecule has 0 aromatic heterocycles. The lowest BCUT2D eigenvalue weighted by Gasteiger charge is -2.15. The summed E-state index contributed by atoms with van der Waals surface area (Å²) in [6.07, 6.45) is 0.390. The van der Waals surface area contributed by atoms with Crippen LogP contribution in [0.5, 0.6) is 0 Å². The number of anilines is 1. The molecular weight excluding hydrogens is 214 g/mol. The smallest absolute Gasteiger partial charge is 0.307 e. The molecule has 0 bridgehead atoms. The molecule has 0 aliphatic carbocycles. The van der Waals surface area contributed by atoms with E-state index in [-0.39, 0.29) is 12.0 Å². The number of hydrogen-bond acceptors (Lipinski definition) is 3. The Morgan fingerprint density at radius 1 is 1.35 bits per heavy atom. The third kappa shape index (κ3) is 4.47. The Balaban J connectivity index is 2.53. The van der Waals surface area contributed by atoms with E-state index in [1.54, 1.807) is 0 Å². The second-order valence-corrected chi connectivity index (χ2v) is 4.35. The molecular formula is C14H21NO2. The van der Waals surface area contributed by atoms with Gasteiger partial charge in [0, 0.05) is 11.7 Å². The molecule has 0 heterocycles. The number of rotatable bonds is 5. The maximum absolute atomic E-state index is 11.3. The van der Waals surface area contributed by atoms with Crippen molar-refractivity contribution in [2.45, 2.75) is 40.2 Å². The summed E-state index contributed by atoms with van der Waals surface area (Å²) in [5, 5.41) is 3.30. The normalized spacial score (nSPS) is 12.0. The van der Waals surface area contributed by atoms with Crippen molar-refractivity contribution in [1.82, 2.24) is 0 Å². The Hall–Kier alpha value is -1.51. The highest BCUT2D eigenvalue weighted by Crippen LogP contribution is 2.15. The van der Waals surface area contributed by atoms with Crippen molar-refractivity contribution < 1.29 is 9.53 Å². The van der Waals surface area contributed by atoms with Gasteiger partial charge in [0.15, 0.2) is 0 Å². The third-order valence-corrected chi connectivity index (χ3v) is 2.70. The van der Waals surface area contributed by atoms with Crippen molar-refractivity contribution in [2.75, 3.05) is 11.9 Å². The first-order valence-corrected chi connectivity index (χ1v) is 6.02. The van der Waals surface area contributed by atoms with Crippen LogP contribution in [0.1, 0.15) is 31.4 Å². The lowest BCUT2D eigenvalue weighted by molar-refractivity contribution is -0.143. The third-order valence-electron chi connectivity index (χ3n) is 2.70. The van der Waals surface area contributed by atoms with Gasteiger partial charge in [0.2, 0.25) is 0 Å². The minimum atomic E-state index is -0.156. The monoisotopic (exact) mass is 235 g/mol. The number of benzene rings is 1. The Bertz CT molecular complexity index is 388. The summed E-state index contributed by atoms with van der Waals surface area (Å²) in [6, 6.07) is 6.28.